The number of hydrogen-bond acceptors (Lipinski definition) is 7. The minimum Gasteiger partial charge on any atom is -0.436 e. The maximum atomic E-state index is 14.1. The van der Waals surface area contributed by atoms with E-state index in [-0.39, 0.29) is 24.4 Å². The standard InChI is InChI=1S/C37H49N7O5/c1-25-21-26(22-32-34(25)39-24-38-32)23-33(35(45)42-14-8-28(9-15-42)41-18-12-30(48-2)13-19-41)49-37(47)43-16-10-29(11-17-43)44-20-7-27-5-3-4-6-31(27)40-36(44)46/h3-6,21-22,24,28-30,33H,7-20,23H2,1-2H3,(H,38,39)(H,40,46)/t33-/m1/s1. The number of methoxy groups -OCH3 is 1. The number of amides is 4. The number of nitrogens with zero attached hydrogens (tertiary/aromatic N) is 5. The number of hydrogen-bond donors (Lipinski definition) is 2. The van der Waals surface area contributed by atoms with E-state index in [1.165, 1.54) is 0 Å². The first-order valence-corrected chi connectivity index (χ1v) is 18.0. The number of aromatic amines is 1. The molecule has 4 amide bonds. The van der Waals surface area contributed by atoms with Crippen molar-refractivity contribution in [1.29, 1.82) is 0 Å². The Labute approximate surface area is 288 Å². The number of carbonyl (C=O) groups is 3. The van der Waals surface area contributed by atoms with E-state index in [0.717, 1.165) is 78.6 Å². The van der Waals surface area contributed by atoms with Crippen LogP contribution in [0, 0.1) is 6.92 Å². The number of para-hydroxylation sites is 1. The van der Waals surface area contributed by atoms with E-state index in [1.54, 1.807) is 18.3 Å². The normalized spacial score (nSPS) is 20.9. The van der Waals surface area contributed by atoms with Gasteiger partial charge in [-0.3, -0.25) is 4.79 Å². The molecule has 262 valence electrons. The quantitative estimate of drug-likeness (QED) is 0.377. The molecule has 2 aromatic carbocycles. The van der Waals surface area contributed by atoms with Gasteiger partial charge in [0.15, 0.2) is 6.10 Å². The van der Waals surface area contributed by atoms with Crippen molar-refractivity contribution >= 4 is 34.8 Å². The van der Waals surface area contributed by atoms with Crippen LogP contribution in [-0.4, -0.2) is 125 Å². The summed E-state index contributed by atoms with van der Waals surface area (Å²) in [7, 11) is 1.79. The zero-order valence-electron chi connectivity index (χ0n) is 28.7. The van der Waals surface area contributed by atoms with E-state index in [1.807, 2.05) is 47.1 Å². The van der Waals surface area contributed by atoms with Crippen molar-refractivity contribution in [3.05, 3.63) is 59.4 Å². The van der Waals surface area contributed by atoms with Gasteiger partial charge in [-0.25, -0.2) is 14.6 Å². The predicted octanol–water partition coefficient (Wildman–Crippen LogP) is 4.58. The van der Waals surface area contributed by atoms with Gasteiger partial charge in [0.05, 0.1) is 23.5 Å². The lowest BCUT2D eigenvalue weighted by Crippen LogP contribution is -2.53. The topological polar surface area (TPSA) is 123 Å². The minimum atomic E-state index is -0.940. The molecule has 4 aliphatic heterocycles. The Morgan fingerprint density at radius 2 is 1.63 bits per heavy atom. The number of nitrogens with one attached hydrogen (secondary N) is 2. The van der Waals surface area contributed by atoms with Gasteiger partial charge in [0.1, 0.15) is 0 Å². The van der Waals surface area contributed by atoms with Gasteiger partial charge in [-0.15, -0.1) is 0 Å². The molecule has 12 heteroatoms. The number of anilines is 1. The first-order chi connectivity index (χ1) is 23.9. The second-order valence-electron chi connectivity index (χ2n) is 14.1. The molecule has 2 N–H and O–H groups in total. The van der Waals surface area contributed by atoms with Crippen LogP contribution in [-0.2, 0) is 27.1 Å². The zero-order chi connectivity index (χ0) is 33.9. The van der Waals surface area contributed by atoms with Gasteiger partial charge in [-0.1, -0.05) is 24.3 Å². The molecule has 0 saturated carbocycles. The molecule has 3 fully saturated rings. The van der Waals surface area contributed by atoms with Crippen LogP contribution in [0.3, 0.4) is 0 Å². The number of rotatable bonds is 7. The Morgan fingerprint density at radius 3 is 2.39 bits per heavy atom. The van der Waals surface area contributed by atoms with E-state index in [2.05, 4.69) is 26.3 Å². The number of benzene rings is 2. The van der Waals surface area contributed by atoms with E-state index in [9.17, 15) is 14.4 Å². The molecule has 3 saturated heterocycles. The number of aromatic nitrogens is 2. The molecule has 4 aliphatic rings. The highest BCUT2D eigenvalue weighted by molar-refractivity contribution is 5.91. The molecule has 0 bridgehead atoms. The smallest absolute Gasteiger partial charge is 0.410 e. The van der Waals surface area contributed by atoms with Gasteiger partial charge in [0, 0.05) is 77.1 Å². The fraction of sp³-hybridized carbons (Fsp3) is 0.568. The number of ether oxygens (including phenoxy) is 2. The summed E-state index contributed by atoms with van der Waals surface area (Å²) in [6, 6.07) is 12.3. The SMILES string of the molecule is COC1CCN(C2CCN(C(=O)[C@@H](Cc3cc(C)c4[nH]cnc4c3)OC(=O)N3CCC(N4CCc5ccccc5NC4=O)CC3)CC2)CC1. The lowest BCUT2D eigenvalue weighted by Gasteiger charge is -2.42. The van der Waals surface area contributed by atoms with Crippen molar-refractivity contribution in [1.82, 2.24) is 29.6 Å². The van der Waals surface area contributed by atoms with E-state index in [4.69, 9.17) is 9.47 Å². The fourth-order valence-corrected chi connectivity index (χ4v) is 8.24. The maximum absolute atomic E-state index is 14.1. The van der Waals surface area contributed by atoms with Crippen molar-refractivity contribution in [2.75, 3.05) is 58.2 Å². The third kappa shape index (κ3) is 7.40. The van der Waals surface area contributed by atoms with E-state index in [0.29, 0.717) is 57.7 Å². The molecule has 1 aromatic heterocycles. The largest absolute Gasteiger partial charge is 0.436 e. The van der Waals surface area contributed by atoms with E-state index >= 15 is 0 Å². The van der Waals surface area contributed by atoms with Crippen LogP contribution in [0.15, 0.2) is 42.7 Å². The average molecular weight is 672 g/mol. The third-order valence-corrected chi connectivity index (χ3v) is 11.1. The monoisotopic (exact) mass is 671 g/mol. The van der Waals surface area contributed by atoms with Crippen LogP contribution < -0.4 is 5.32 Å². The molecule has 0 unspecified atom stereocenters. The summed E-state index contributed by atoms with van der Waals surface area (Å²) in [6.07, 6.45) is 6.88. The van der Waals surface area contributed by atoms with E-state index < -0.39 is 12.2 Å². The zero-order valence-corrected chi connectivity index (χ0v) is 28.7. The third-order valence-electron chi connectivity index (χ3n) is 11.1. The molecule has 0 radical (unpaired) electrons. The van der Waals surface area contributed by atoms with Gasteiger partial charge >= 0.3 is 12.1 Å². The van der Waals surface area contributed by atoms with Crippen molar-refractivity contribution in [3.8, 4) is 0 Å². The predicted molar refractivity (Wildman–Crippen MR) is 186 cm³/mol. The van der Waals surface area contributed by atoms with Crippen LogP contribution in [0.4, 0.5) is 15.3 Å². The highest BCUT2D eigenvalue weighted by atomic mass is 16.6. The number of piperidine rings is 3. The van der Waals surface area contributed by atoms with Crippen LogP contribution in [0.1, 0.15) is 55.2 Å². The van der Waals surface area contributed by atoms with Crippen molar-refractivity contribution in [2.45, 2.75) is 82.6 Å². The van der Waals surface area contributed by atoms with Crippen LogP contribution in [0.5, 0.6) is 0 Å². The number of H-pyrrole nitrogens is 1. The minimum absolute atomic E-state index is 0.0286. The lowest BCUT2D eigenvalue weighted by atomic mass is 9.97. The van der Waals surface area contributed by atoms with Gasteiger partial charge < -0.3 is 39.4 Å². The Balaban J connectivity index is 0.990. The maximum Gasteiger partial charge on any atom is 0.410 e. The Kier molecular flexibility index (Phi) is 10.0. The van der Waals surface area contributed by atoms with Crippen LogP contribution in [0.25, 0.3) is 11.0 Å². The van der Waals surface area contributed by atoms with Gasteiger partial charge in [0.25, 0.3) is 5.91 Å². The van der Waals surface area contributed by atoms with Crippen molar-refractivity contribution in [3.63, 3.8) is 0 Å². The summed E-state index contributed by atoms with van der Waals surface area (Å²) in [4.78, 5) is 56.6. The van der Waals surface area contributed by atoms with Gasteiger partial charge in [0.2, 0.25) is 0 Å². The van der Waals surface area contributed by atoms with Crippen molar-refractivity contribution in [2.24, 2.45) is 0 Å². The average Bonchev–Trinajstić information content (AvgIpc) is 3.54. The molecule has 0 aliphatic carbocycles. The molecular weight excluding hydrogens is 622 g/mol. The van der Waals surface area contributed by atoms with Crippen LogP contribution in [0.2, 0.25) is 0 Å². The summed E-state index contributed by atoms with van der Waals surface area (Å²) in [5, 5.41) is 3.06. The highest BCUT2D eigenvalue weighted by Gasteiger charge is 2.36. The fourth-order valence-electron chi connectivity index (χ4n) is 8.24. The van der Waals surface area contributed by atoms with Crippen molar-refractivity contribution < 1.29 is 23.9 Å². The number of urea groups is 1. The Bertz CT molecular complexity index is 1640. The number of likely N-dealkylation sites (tertiary alicyclic amines) is 3. The molecule has 7 rings (SSSR count). The molecule has 3 aromatic rings. The summed E-state index contributed by atoms with van der Waals surface area (Å²) < 4.78 is 11.7. The first kappa shape index (κ1) is 33.3. The summed E-state index contributed by atoms with van der Waals surface area (Å²) in [5.74, 6) is -0.139. The summed E-state index contributed by atoms with van der Waals surface area (Å²) >= 11 is 0. The molecular formula is C37H49N7O5. The molecule has 12 nitrogen and oxygen atoms in total. The molecule has 49 heavy (non-hydrogen) atoms. The molecule has 1 atom stereocenters. The second-order valence-corrected chi connectivity index (χ2v) is 14.1. The first-order valence-electron chi connectivity index (χ1n) is 18.0. The summed E-state index contributed by atoms with van der Waals surface area (Å²) in [5.41, 5.74) is 5.73. The molecule has 5 heterocycles. The Hall–Kier alpha value is -4.16. The van der Waals surface area contributed by atoms with Gasteiger partial charge in [-0.05, 0) is 80.7 Å². The number of fused-ring (bicyclic) bond motifs is 2. The van der Waals surface area contributed by atoms with Gasteiger partial charge in [-0.2, -0.15) is 0 Å². The van der Waals surface area contributed by atoms with Crippen LogP contribution >= 0.6 is 0 Å². The highest BCUT2D eigenvalue weighted by Crippen LogP contribution is 2.27. The number of imidazole rings is 1. The second kappa shape index (κ2) is 14.8. The lowest BCUT2D eigenvalue weighted by molar-refractivity contribution is -0.142. The number of carbonyl (C=O) groups excluding carboxylic acids is 3. The molecule has 0 spiro atoms. The Morgan fingerprint density at radius 1 is 0.918 bits per heavy atom. The number of aryl methyl sites for hydroxylation is 1. The summed E-state index contributed by atoms with van der Waals surface area (Å²) in [6.45, 7) is 6.92.